The highest BCUT2D eigenvalue weighted by molar-refractivity contribution is 7.89. The number of fused-ring (bicyclic) bond motifs is 1. The van der Waals surface area contributed by atoms with Crippen molar-refractivity contribution in [3.8, 4) is 11.5 Å². The predicted octanol–water partition coefficient (Wildman–Crippen LogP) is 2.79. The van der Waals surface area contributed by atoms with Crippen LogP contribution in [0.3, 0.4) is 0 Å². The monoisotopic (exact) mass is 450 g/mol. The Morgan fingerprint density at radius 3 is 2.55 bits per heavy atom. The molecule has 0 radical (unpaired) electrons. The van der Waals surface area contributed by atoms with Gasteiger partial charge < -0.3 is 14.8 Å². The third-order valence-electron chi connectivity index (χ3n) is 4.87. The standard InChI is InChI=1S/C22H27FN2O5S/c23-19-7-4-3-6-17(19)11-13-24-22(26)8-2-1-5-12-25-31(27,28)18-9-10-20-21(16-18)30-15-14-29-20/h3-4,6-7,9-10,16,25H,1-2,5,8,11-15H2,(H,24,26). The zero-order valence-corrected chi connectivity index (χ0v) is 18.0. The van der Waals surface area contributed by atoms with Gasteiger partial charge in [-0.3, -0.25) is 4.79 Å². The summed E-state index contributed by atoms with van der Waals surface area (Å²) in [7, 11) is -3.63. The molecule has 1 amide bonds. The highest BCUT2D eigenvalue weighted by atomic mass is 32.2. The van der Waals surface area contributed by atoms with Gasteiger partial charge in [-0.25, -0.2) is 17.5 Å². The lowest BCUT2D eigenvalue weighted by molar-refractivity contribution is -0.121. The van der Waals surface area contributed by atoms with E-state index in [4.69, 9.17) is 9.47 Å². The molecule has 0 aliphatic carbocycles. The Kier molecular flexibility index (Phi) is 8.25. The van der Waals surface area contributed by atoms with Crippen molar-refractivity contribution in [1.82, 2.24) is 10.0 Å². The minimum atomic E-state index is -3.63. The minimum absolute atomic E-state index is 0.0896. The molecule has 2 aromatic carbocycles. The van der Waals surface area contributed by atoms with Crippen LogP contribution in [-0.2, 0) is 21.2 Å². The van der Waals surface area contributed by atoms with Gasteiger partial charge in [-0.05, 0) is 43.0 Å². The van der Waals surface area contributed by atoms with Crippen LogP contribution < -0.4 is 19.5 Å². The molecule has 0 saturated carbocycles. The summed E-state index contributed by atoms with van der Waals surface area (Å²) in [6.45, 7) is 1.50. The van der Waals surface area contributed by atoms with Crippen molar-refractivity contribution in [2.24, 2.45) is 0 Å². The molecule has 0 atom stereocenters. The van der Waals surface area contributed by atoms with Gasteiger partial charge in [0.1, 0.15) is 19.0 Å². The lowest BCUT2D eigenvalue weighted by atomic mass is 10.1. The van der Waals surface area contributed by atoms with Crippen molar-refractivity contribution in [2.75, 3.05) is 26.3 Å². The number of unbranched alkanes of at least 4 members (excludes halogenated alkanes) is 2. The molecule has 3 rings (SSSR count). The Hall–Kier alpha value is -2.65. The summed E-state index contributed by atoms with van der Waals surface area (Å²) in [5, 5.41) is 2.78. The van der Waals surface area contributed by atoms with Gasteiger partial charge in [-0.15, -0.1) is 0 Å². The van der Waals surface area contributed by atoms with Crippen molar-refractivity contribution in [1.29, 1.82) is 0 Å². The molecule has 0 saturated heterocycles. The lowest BCUT2D eigenvalue weighted by Gasteiger charge is -2.18. The number of halogens is 1. The second kappa shape index (κ2) is 11.1. The molecule has 2 aromatic rings. The van der Waals surface area contributed by atoms with Crippen LogP contribution >= 0.6 is 0 Å². The molecule has 0 unspecified atom stereocenters. The summed E-state index contributed by atoms with van der Waals surface area (Å²) in [6, 6.07) is 11.0. The second-order valence-corrected chi connectivity index (χ2v) is 8.97. The Morgan fingerprint density at radius 1 is 0.968 bits per heavy atom. The molecule has 9 heteroatoms. The van der Waals surface area contributed by atoms with Crippen molar-refractivity contribution < 1.29 is 27.1 Å². The number of carbonyl (C=O) groups is 1. The highest BCUT2D eigenvalue weighted by Gasteiger charge is 2.18. The minimum Gasteiger partial charge on any atom is -0.486 e. The smallest absolute Gasteiger partial charge is 0.240 e. The molecule has 0 spiro atoms. The van der Waals surface area contributed by atoms with Crippen molar-refractivity contribution in [2.45, 2.75) is 37.0 Å². The first kappa shape index (κ1) is 23.0. The van der Waals surface area contributed by atoms with Gasteiger partial charge in [0, 0.05) is 25.6 Å². The summed E-state index contributed by atoms with van der Waals surface area (Å²) in [6.07, 6.45) is 2.78. The summed E-state index contributed by atoms with van der Waals surface area (Å²) in [5.74, 6) is 0.608. The second-order valence-electron chi connectivity index (χ2n) is 7.21. The first-order valence-corrected chi connectivity index (χ1v) is 11.8. The molecule has 1 heterocycles. The summed E-state index contributed by atoms with van der Waals surface area (Å²) < 4.78 is 51.8. The fraction of sp³-hybridized carbons (Fsp3) is 0.409. The quantitative estimate of drug-likeness (QED) is 0.514. The maximum atomic E-state index is 13.5. The van der Waals surface area contributed by atoms with Crippen LogP contribution in [0.2, 0.25) is 0 Å². The SMILES string of the molecule is O=C(CCCCCNS(=O)(=O)c1ccc2c(c1)OCCO2)NCCc1ccccc1F. The number of amides is 1. The Balaban J connectivity index is 1.30. The van der Waals surface area contributed by atoms with E-state index >= 15 is 0 Å². The average Bonchev–Trinajstić information content (AvgIpc) is 2.77. The Morgan fingerprint density at radius 2 is 1.74 bits per heavy atom. The van der Waals surface area contributed by atoms with E-state index in [-0.39, 0.29) is 23.2 Å². The zero-order valence-electron chi connectivity index (χ0n) is 17.2. The predicted molar refractivity (Wildman–Crippen MR) is 114 cm³/mol. The molecular weight excluding hydrogens is 423 g/mol. The van der Waals surface area contributed by atoms with Crippen molar-refractivity contribution >= 4 is 15.9 Å². The molecule has 31 heavy (non-hydrogen) atoms. The first-order chi connectivity index (χ1) is 15.0. The van der Waals surface area contributed by atoms with Crippen LogP contribution in [0, 0.1) is 5.82 Å². The van der Waals surface area contributed by atoms with Crippen LogP contribution in [0.5, 0.6) is 11.5 Å². The molecule has 168 valence electrons. The average molecular weight is 451 g/mol. The van der Waals surface area contributed by atoms with Gasteiger partial charge >= 0.3 is 0 Å². The fourth-order valence-electron chi connectivity index (χ4n) is 3.19. The maximum absolute atomic E-state index is 13.5. The van der Waals surface area contributed by atoms with Gasteiger partial charge in [-0.1, -0.05) is 24.6 Å². The molecule has 0 fully saturated rings. The number of carbonyl (C=O) groups excluding carboxylic acids is 1. The molecule has 1 aliphatic heterocycles. The molecule has 7 nitrogen and oxygen atoms in total. The van der Waals surface area contributed by atoms with Crippen LogP contribution in [0.15, 0.2) is 47.4 Å². The van der Waals surface area contributed by atoms with Gasteiger partial charge in [0.15, 0.2) is 11.5 Å². The molecule has 2 N–H and O–H groups in total. The van der Waals surface area contributed by atoms with Gasteiger partial charge in [0.2, 0.25) is 15.9 Å². The number of benzene rings is 2. The first-order valence-electron chi connectivity index (χ1n) is 10.3. The van der Waals surface area contributed by atoms with Gasteiger partial charge in [0.25, 0.3) is 0 Å². The number of nitrogens with one attached hydrogen (secondary N) is 2. The third kappa shape index (κ3) is 6.93. The van der Waals surface area contributed by atoms with E-state index in [9.17, 15) is 17.6 Å². The van der Waals surface area contributed by atoms with E-state index in [2.05, 4.69) is 10.0 Å². The van der Waals surface area contributed by atoms with Crippen molar-refractivity contribution in [3.05, 3.63) is 53.8 Å². The van der Waals surface area contributed by atoms with Crippen LogP contribution in [0.1, 0.15) is 31.2 Å². The number of ether oxygens (including phenoxy) is 2. The summed E-state index contributed by atoms with van der Waals surface area (Å²) >= 11 is 0. The molecule has 0 aromatic heterocycles. The van der Waals surface area contributed by atoms with E-state index in [1.54, 1.807) is 24.3 Å². The molecule has 1 aliphatic rings. The summed E-state index contributed by atoms with van der Waals surface area (Å²) in [5.41, 5.74) is 0.577. The zero-order chi connectivity index (χ0) is 22.1. The molecule has 0 bridgehead atoms. The number of hydrogen-bond acceptors (Lipinski definition) is 5. The highest BCUT2D eigenvalue weighted by Crippen LogP contribution is 2.32. The number of hydrogen-bond donors (Lipinski definition) is 2. The Labute approximate surface area is 182 Å². The van der Waals surface area contributed by atoms with Crippen LogP contribution in [0.4, 0.5) is 4.39 Å². The van der Waals surface area contributed by atoms with Crippen molar-refractivity contribution in [3.63, 3.8) is 0 Å². The number of rotatable bonds is 11. The topological polar surface area (TPSA) is 93.7 Å². The van der Waals surface area contributed by atoms with E-state index in [0.29, 0.717) is 68.9 Å². The third-order valence-corrected chi connectivity index (χ3v) is 6.33. The van der Waals surface area contributed by atoms with Crippen LogP contribution in [-0.4, -0.2) is 40.6 Å². The van der Waals surface area contributed by atoms with Crippen LogP contribution in [0.25, 0.3) is 0 Å². The van der Waals surface area contributed by atoms with E-state index in [1.165, 1.54) is 18.2 Å². The van der Waals surface area contributed by atoms with Gasteiger partial charge in [-0.2, -0.15) is 0 Å². The van der Waals surface area contributed by atoms with E-state index < -0.39 is 10.0 Å². The summed E-state index contributed by atoms with van der Waals surface area (Å²) in [4.78, 5) is 12.0. The fourth-order valence-corrected chi connectivity index (χ4v) is 4.28. The maximum Gasteiger partial charge on any atom is 0.240 e. The lowest BCUT2D eigenvalue weighted by Crippen LogP contribution is -2.26. The van der Waals surface area contributed by atoms with Gasteiger partial charge in [0.05, 0.1) is 4.90 Å². The number of sulfonamides is 1. The van der Waals surface area contributed by atoms with E-state index in [0.717, 1.165) is 0 Å². The molecular formula is C22H27FN2O5S. The normalized spacial score (nSPS) is 13.1. The Bertz CT molecular complexity index is 997. The van der Waals surface area contributed by atoms with E-state index in [1.807, 2.05) is 0 Å². The largest absolute Gasteiger partial charge is 0.486 e.